The molecule has 0 spiro atoms. The Balaban J connectivity index is 0.000000270. The van der Waals surface area contributed by atoms with Crippen molar-refractivity contribution >= 4 is 5.97 Å². The minimum Gasteiger partial charge on any atom is -0.475 e. The lowest BCUT2D eigenvalue weighted by Crippen LogP contribution is -2.21. The first-order valence-corrected chi connectivity index (χ1v) is 5.58. The smallest absolute Gasteiger partial charge is 0.475 e. The molecule has 0 aliphatic heterocycles. The highest BCUT2D eigenvalue weighted by molar-refractivity contribution is 5.73. The van der Waals surface area contributed by atoms with Crippen LogP contribution in [0.3, 0.4) is 0 Å². The Morgan fingerprint density at radius 1 is 1.38 bits per heavy atom. The molecular weight excluding hydrogens is 293 g/mol. The Kier molecular flexibility index (Phi) is 5.79. The van der Waals surface area contributed by atoms with E-state index < -0.39 is 12.1 Å². The second kappa shape index (κ2) is 7.33. The van der Waals surface area contributed by atoms with Gasteiger partial charge in [0.1, 0.15) is 5.69 Å². The van der Waals surface area contributed by atoms with E-state index in [2.05, 4.69) is 15.1 Å². The van der Waals surface area contributed by atoms with Gasteiger partial charge < -0.3 is 15.4 Å². The van der Waals surface area contributed by atoms with Crippen LogP contribution >= 0.6 is 0 Å². The van der Waals surface area contributed by atoms with Crippen LogP contribution in [0.1, 0.15) is 5.89 Å². The van der Waals surface area contributed by atoms with Gasteiger partial charge in [0, 0.05) is 19.2 Å². The summed E-state index contributed by atoms with van der Waals surface area (Å²) in [7, 11) is 0. The number of rotatable bonds is 3. The fourth-order valence-electron chi connectivity index (χ4n) is 1.08. The zero-order valence-corrected chi connectivity index (χ0v) is 10.5. The van der Waals surface area contributed by atoms with Crippen LogP contribution in [-0.4, -0.2) is 38.9 Å². The third kappa shape index (κ3) is 5.57. The third-order valence-corrected chi connectivity index (χ3v) is 1.96. The minimum atomic E-state index is -5.08. The van der Waals surface area contributed by atoms with Crippen LogP contribution in [0.25, 0.3) is 11.5 Å². The van der Waals surface area contributed by atoms with Crippen molar-refractivity contribution < 1.29 is 27.6 Å². The van der Waals surface area contributed by atoms with Crippen LogP contribution in [0, 0.1) is 0 Å². The lowest BCUT2D eigenvalue weighted by atomic mass is 10.3. The van der Waals surface area contributed by atoms with Gasteiger partial charge in [0.05, 0.1) is 0 Å². The van der Waals surface area contributed by atoms with Gasteiger partial charge in [-0.15, -0.1) is 0 Å². The average molecular weight is 304 g/mol. The van der Waals surface area contributed by atoms with E-state index in [0.717, 1.165) is 0 Å². The molecule has 0 aromatic carbocycles. The monoisotopic (exact) mass is 304 g/mol. The first-order valence-electron chi connectivity index (χ1n) is 5.58. The van der Waals surface area contributed by atoms with Gasteiger partial charge in [0.25, 0.3) is 0 Å². The van der Waals surface area contributed by atoms with Crippen molar-refractivity contribution in [3.63, 3.8) is 0 Å². The molecule has 7 nitrogen and oxygen atoms in total. The predicted octanol–water partition coefficient (Wildman–Crippen LogP) is 1.27. The number of aliphatic carboxylic acids is 1. The number of nitrogens with two attached hydrogens (primary N) is 1. The molecule has 114 valence electrons. The van der Waals surface area contributed by atoms with Crippen molar-refractivity contribution in [2.24, 2.45) is 5.73 Å². The molecule has 0 fully saturated rings. The van der Waals surface area contributed by atoms with E-state index in [0.29, 0.717) is 30.4 Å². The van der Waals surface area contributed by atoms with Gasteiger partial charge in [-0.25, -0.2) is 4.79 Å². The van der Waals surface area contributed by atoms with Crippen LogP contribution in [0.4, 0.5) is 13.2 Å². The molecule has 2 rings (SSSR count). The van der Waals surface area contributed by atoms with Crippen molar-refractivity contribution in [1.82, 2.24) is 15.1 Å². The first kappa shape index (κ1) is 16.6. The lowest BCUT2D eigenvalue weighted by molar-refractivity contribution is -0.192. The van der Waals surface area contributed by atoms with Crippen LogP contribution in [0.2, 0.25) is 0 Å². The molecule has 0 amide bonds. The molecule has 0 radical (unpaired) electrons. The number of carboxylic acids is 1. The molecule has 0 unspecified atom stereocenters. The van der Waals surface area contributed by atoms with Gasteiger partial charge in [-0.2, -0.15) is 18.2 Å². The zero-order valence-electron chi connectivity index (χ0n) is 10.5. The largest absolute Gasteiger partial charge is 0.490 e. The maximum atomic E-state index is 10.6. The second-order valence-electron chi connectivity index (χ2n) is 3.57. The summed E-state index contributed by atoms with van der Waals surface area (Å²) in [5.74, 6) is -1.70. The number of halogens is 3. The number of nitrogens with zero attached hydrogens (tertiary/aromatic N) is 3. The number of aromatic nitrogens is 3. The summed E-state index contributed by atoms with van der Waals surface area (Å²) >= 11 is 0. The number of hydrogen-bond donors (Lipinski definition) is 2. The van der Waals surface area contributed by atoms with Gasteiger partial charge in [-0.1, -0.05) is 11.2 Å². The predicted molar refractivity (Wildman–Crippen MR) is 64.0 cm³/mol. The zero-order chi connectivity index (χ0) is 15.9. The van der Waals surface area contributed by atoms with Crippen molar-refractivity contribution in [1.29, 1.82) is 0 Å². The van der Waals surface area contributed by atoms with E-state index in [9.17, 15) is 13.2 Å². The number of alkyl halides is 3. The van der Waals surface area contributed by atoms with Gasteiger partial charge in [-0.3, -0.25) is 4.98 Å². The molecular formula is C11H11F3N4O3. The quantitative estimate of drug-likeness (QED) is 0.877. The maximum Gasteiger partial charge on any atom is 0.490 e. The van der Waals surface area contributed by atoms with Crippen LogP contribution in [0.5, 0.6) is 0 Å². The average Bonchev–Trinajstić information content (AvgIpc) is 2.88. The standard InChI is InChI=1S/C9H10N4O.C2HF3O2/c10-5-4-8-12-9(13-14-8)7-3-1-2-6-11-7;3-2(4,5)1(6)7/h1-3,6H,4-5,10H2;(H,6,7). The number of carbonyl (C=O) groups is 1. The van der Waals surface area contributed by atoms with Crippen molar-refractivity contribution in [3.8, 4) is 11.5 Å². The number of carboxylic acid groups (broad SMARTS) is 1. The van der Waals surface area contributed by atoms with E-state index in [1.807, 2.05) is 18.2 Å². The molecule has 0 aliphatic carbocycles. The fraction of sp³-hybridized carbons (Fsp3) is 0.273. The van der Waals surface area contributed by atoms with E-state index in [1.165, 1.54) is 0 Å². The summed E-state index contributed by atoms with van der Waals surface area (Å²) in [6, 6.07) is 5.54. The third-order valence-electron chi connectivity index (χ3n) is 1.96. The molecule has 21 heavy (non-hydrogen) atoms. The van der Waals surface area contributed by atoms with E-state index in [1.54, 1.807) is 6.20 Å². The molecule has 2 aromatic heterocycles. The second-order valence-corrected chi connectivity index (χ2v) is 3.57. The van der Waals surface area contributed by atoms with Crippen LogP contribution < -0.4 is 5.73 Å². The van der Waals surface area contributed by atoms with Gasteiger partial charge in [0.2, 0.25) is 11.7 Å². The Morgan fingerprint density at radius 3 is 2.52 bits per heavy atom. The van der Waals surface area contributed by atoms with Crippen molar-refractivity contribution in [3.05, 3.63) is 30.3 Å². The summed E-state index contributed by atoms with van der Waals surface area (Å²) in [5.41, 5.74) is 6.07. The first-order chi connectivity index (χ1) is 9.84. The normalized spacial score (nSPS) is 10.7. The maximum absolute atomic E-state index is 10.6. The molecule has 10 heteroatoms. The van der Waals surface area contributed by atoms with Gasteiger partial charge in [0.15, 0.2) is 0 Å². The van der Waals surface area contributed by atoms with Gasteiger partial charge in [-0.05, 0) is 12.1 Å². The highest BCUT2D eigenvalue weighted by Gasteiger charge is 2.38. The summed E-state index contributed by atoms with van der Waals surface area (Å²) < 4.78 is 36.7. The van der Waals surface area contributed by atoms with E-state index in [4.69, 9.17) is 20.2 Å². The van der Waals surface area contributed by atoms with E-state index >= 15 is 0 Å². The molecule has 0 atom stereocenters. The van der Waals surface area contributed by atoms with Crippen molar-refractivity contribution in [2.75, 3.05) is 6.54 Å². The van der Waals surface area contributed by atoms with E-state index in [-0.39, 0.29) is 0 Å². The molecule has 0 aliphatic rings. The lowest BCUT2D eigenvalue weighted by Gasteiger charge is -1.93. The molecule has 2 heterocycles. The molecule has 0 saturated heterocycles. The summed E-state index contributed by atoms with van der Waals surface area (Å²) in [6.45, 7) is 0.504. The Hall–Kier alpha value is -2.49. The Bertz CT molecular complexity index is 572. The molecule has 3 N–H and O–H groups in total. The molecule has 0 bridgehead atoms. The van der Waals surface area contributed by atoms with Gasteiger partial charge >= 0.3 is 12.1 Å². The summed E-state index contributed by atoms with van der Waals surface area (Å²) in [6.07, 6.45) is -2.80. The highest BCUT2D eigenvalue weighted by Crippen LogP contribution is 2.13. The molecule has 0 saturated carbocycles. The Labute approximate surface area is 116 Å². The molecule has 2 aromatic rings. The van der Waals surface area contributed by atoms with Crippen molar-refractivity contribution in [2.45, 2.75) is 12.6 Å². The summed E-state index contributed by atoms with van der Waals surface area (Å²) in [4.78, 5) is 17.2. The number of hydrogen-bond acceptors (Lipinski definition) is 6. The summed E-state index contributed by atoms with van der Waals surface area (Å²) in [5, 5.41) is 10.9. The van der Waals surface area contributed by atoms with Crippen LogP contribution in [0.15, 0.2) is 28.9 Å². The Morgan fingerprint density at radius 2 is 2.05 bits per heavy atom. The topological polar surface area (TPSA) is 115 Å². The minimum absolute atomic E-state index is 0.504. The highest BCUT2D eigenvalue weighted by atomic mass is 19.4. The SMILES string of the molecule is NCCc1nc(-c2ccccn2)no1.O=C(O)C(F)(F)F. The fourth-order valence-corrected chi connectivity index (χ4v) is 1.08. The van der Waals surface area contributed by atoms with Crippen LogP contribution in [-0.2, 0) is 11.2 Å². The number of pyridine rings is 1.